The van der Waals surface area contributed by atoms with Gasteiger partial charge in [0.1, 0.15) is 0 Å². The lowest BCUT2D eigenvalue weighted by atomic mass is 10.1. The second kappa shape index (κ2) is 14.9. The van der Waals surface area contributed by atoms with Crippen molar-refractivity contribution in [3.8, 4) is 0 Å². The second-order valence-electron chi connectivity index (χ2n) is 5.91. The van der Waals surface area contributed by atoms with E-state index in [1.165, 1.54) is 25.7 Å². The third-order valence-electron chi connectivity index (χ3n) is 3.92. The van der Waals surface area contributed by atoms with E-state index in [0.717, 1.165) is 38.8 Å². The van der Waals surface area contributed by atoms with E-state index < -0.39 is 0 Å². The Balaban J connectivity index is 3.41. The third kappa shape index (κ3) is 14.7. The molecule has 0 amide bonds. The standard InChI is InChI=1S/C16H35NS4/c1-3-13(18)5-7-15(20)9-11-17-12-10-16(21)8-6-14(19)4-2/h13-21H,3-12H2,1-2H3. The number of hydrogen-bond donors (Lipinski definition) is 5. The molecular weight excluding hydrogens is 334 g/mol. The number of nitrogens with one attached hydrogen (secondary N) is 1. The summed E-state index contributed by atoms with van der Waals surface area (Å²) in [6, 6.07) is 0. The van der Waals surface area contributed by atoms with E-state index in [4.69, 9.17) is 0 Å². The third-order valence-corrected chi connectivity index (χ3v) is 6.20. The molecule has 0 spiro atoms. The Hall–Kier alpha value is 1.36. The van der Waals surface area contributed by atoms with Gasteiger partial charge in [-0.3, -0.25) is 0 Å². The molecule has 0 fully saturated rings. The van der Waals surface area contributed by atoms with Crippen molar-refractivity contribution < 1.29 is 0 Å². The number of rotatable bonds is 14. The number of thiol groups is 4. The molecule has 0 aromatic heterocycles. The molecule has 0 bridgehead atoms. The summed E-state index contributed by atoms with van der Waals surface area (Å²) in [6.07, 6.45) is 9.26. The van der Waals surface area contributed by atoms with Crippen LogP contribution in [0.3, 0.4) is 0 Å². The Morgan fingerprint density at radius 1 is 0.571 bits per heavy atom. The van der Waals surface area contributed by atoms with E-state index in [1.54, 1.807) is 0 Å². The molecule has 4 atom stereocenters. The maximum Gasteiger partial charge on any atom is 0.00292 e. The summed E-state index contributed by atoms with van der Waals surface area (Å²) >= 11 is 18.4. The normalized spacial score (nSPS) is 17.4. The second-order valence-corrected chi connectivity index (χ2v) is 8.84. The molecule has 0 aromatic rings. The molecule has 128 valence electrons. The van der Waals surface area contributed by atoms with Crippen molar-refractivity contribution in [2.75, 3.05) is 13.1 Å². The summed E-state index contributed by atoms with van der Waals surface area (Å²) in [6.45, 7) is 6.50. The highest BCUT2D eigenvalue weighted by molar-refractivity contribution is 7.81. The van der Waals surface area contributed by atoms with Crippen molar-refractivity contribution in [2.45, 2.75) is 86.2 Å². The first-order valence-electron chi connectivity index (χ1n) is 8.42. The van der Waals surface area contributed by atoms with Gasteiger partial charge < -0.3 is 5.32 Å². The van der Waals surface area contributed by atoms with Gasteiger partial charge in [0.2, 0.25) is 0 Å². The van der Waals surface area contributed by atoms with E-state index in [2.05, 4.69) is 69.7 Å². The Morgan fingerprint density at radius 2 is 0.905 bits per heavy atom. The van der Waals surface area contributed by atoms with Crippen molar-refractivity contribution in [2.24, 2.45) is 0 Å². The molecule has 0 radical (unpaired) electrons. The predicted octanol–water partition coefficient (Wildman–Crippen LogP) is 4.93. The molecule has 0 saturated carbocycles. The molecule has 4 unspecified atom stereocenters. The van der Waals surface area contributed by atoms with Crippen LogP contribution in [0.15, 0.2) is 0 Å². The lowest BCUT2D eigenvalue weighted by Crippen LogP contribution is -2.22. The van der Waals surface area contributed by atoms with Crippen molar-refractivity contribution in [3.63, 3.8) is 0 Å². The minimum atomic E-state index is 0.500. The summed E-state index contributed by atoms with van der Waals surface area (Å²) in [7, 11) is 0. The minimum absolute atomic E-state index is 0.500. The predicted molar refractivity (Wildman–Crippen MR) is 112 cm³/mol. The van der Waals surface area contributed by atoms with Gasteiger partial charge in [-0.1, -0.05) is 13.8 Å². The largest absolute Gasteiger partial charge is 0.317 e. The molecule has 5 heteroatoms. The summed E-state index contributed by atoms with van der Waals surface area (Å²) in [4.78, 5) is 0. The van der Waals surface area contributed by atoms with E-state index in [0.29, 0.717) is 21.0 Å². The maximum absolute atomic E-state index is 4.66. The van der Waals surface area contributed by atoms with Gasteiger partial charge in [0, 0.05) is 21.0 Å². The molecule has 0 aliphatic rings. The van der Waals surface area contributed by atoms with Crippen LogP contribution in [0.2, 0.25) is 0 Å². The van der Waals surface area contributed by atoms with Gasteiger partial charge in [0.25, 0.3) is 0 Å². The van der Waals surface area contributed by atoms with Gasteiger partial charge in [0.05, 0.1) is 0 Å². The Labute approximate surface area is 154 Å². The average Bonchev–Trinajstić information content (AvgIpc) is 2.49. The van der Waals surface area contributed by atoms with Gasteiger partial charge in [0.15, 0.2) is 0 Å². The fraction of sp³-hybridized carbons (Fsp3) is 1.00. The van der Waals surface area contributed by atoms with Crippen LogP contribution in [0.5, 0.6) is 0 Å². The molecule has 1 N–H and O–H groups in total. The van der Waals surface area contributed by atoms with Crippen molar-refractivity contribution >= 4 is 50.5 Å². The highest BCUT2D eigenvalue weighted by atomic mass is 32.1. The average molecular weight is 370 g/mol. The SMILES string of the molecule is CCC(S)CCC(S)CCNCCC(S)CCC(S)CC. The quantitative estimate of drug-likeness (QED) is 0.216. The first-order valence-corrected chi connectivity index (χ1v) is 10.5. The zero-order chi connectivity index (χ0) is 16.1. The molecule has 0 rings (SSSR count). The van der Waals surface area contributed by atoms with Crippen LogP contribution >= 0.6 is 50.5 Å². The van der Waals surface area contributed by atoms with E-state index in [9.17, 15) is 0 Å². The molecule has 0 aliphatic heterocycles. The maximum atomic E-state index is 4.66. The van der Waals surface area contributed by atoms with Gasteiger partial charge in [-0.15, -0.1) is 0 Å². The summed E-state index contributed by atoms with van der Waals surface area (Å²) in [5.74, 6) is 0. The highest BCUT2D eigenvalue weighted by Crippen LogP contribution is 2.16. The molecule has 21 heavy (non-hydrogen) atoms. The lowest BCUT2D eigenvalue weighted by Gasteiger charge is -2.15. The molecular formula is C16H35NS4. The Morgan fingerprint density at radius 3 is 1.24 bits per heavy atom. The van der Waals surface area contributed by atoms with Gasteiger partial charge >= 0.3 is 0 Å². The monoisotopic (exact) mass is 369 g/mol. The van der Waals surface area contributed by atoms with Gasteiger partial charge in [-0.2, -0.15) is 50.5 Å². The van der Waals surface area contributed by atoms with Crippen molar-refractivity contribution in [1.29, 1.82) is 0 Å². The van der Waals surface area contributed by atoms with Crippen molar-refractivity contribution in [3.05, 3.63) is 0 Å². The number of hydrogen-bond acceptors (Lipinski definition) is 5. The zero-order valence-corrected chi connectivity index (χ0v) is 17.2. The summed E-state index contributed by atoms with van der Waals surface area (Å²) in [5, 5.41) is 5.59. The first kappa shape index (κ1) is 22.4. The van der Waals surface area contributed by atoms with Crippen LogP contribution in [0.4, 0.5) is 0 Å². The zero-order valence-electron chi connectivity index (χ0n) is 13.7. The van der Waals surface area contributed by atoms with Crippen LogP contribution in [-0.2, 0) is 0 Å². The smallest absolute Gasteiger partial charge is 0.00292 e. The minimum Gasteiger partial charge on any atom is -0.317 e. The lowest BCUT2D eigenvalue weighted by molar-refractivity contribution is 0.562. The van der Waals surface area contributed by atoms with Crippen LogP contribution < -0.4 is 5.32 Å². The topological polar surface area (TPSA) is 12.0 Å². The molecule has 1 nitrogen and oxygen atoms in total. The summed E-state index contributed by atoms with van der Waals surface area (Å²) < 4.78 is 0. The Bertz CT molecular complexity index is 206. The van der Waals surface area contributed by atoms with Crippen LogP contribution in [0.1, 0.15) is 65.2 Å². The molecule has 0 saturated heterocycles. The fourth-order valence-corrected chi connectivity index (χ4v) is 2.98. The fourth-order valence-electron chi connectivity index (χ4n) is 2.13. The van der Waals surface area contributed by atoms with E-state index >= 15 is 0 Å². The molecule has 0 aromatic carbocycles. The highest BCUT2D eigenvalue weighted by Gasteiger charge is 2.08. The van der Waals surface area contributed by atoms with E-state index in [1.807, 2.05) is 0 Å². The van der Waals surface area contributed by atoms with Crippen LogP contribution in [0, 0.1) is 0 Å². The Kier molecular flexibility index (Phi) is 15.9. The molecule has 0 heterocycles. The van der Waals surface area contributed by atoms with Crippen LogP contribution in [-0.4, -0.2) is 34.1 Å². The molecule has 0 aliphatic carbocycles. The van der Waals surface area contributed by atoms with E-state index in [-0.39, 0.29) is 0 Å². The van der Waals surface area contributed by atoms with Gasteiger partial charge in [-0.05, 0) is 64.5 Å². The first-order chi connectivity index (χ1) is 9.99. The van der Waals surface area contributed by atoms with Gasteiger partial charge in [-0.25, -0.2) is 0 Å². The summed E-state index contributed by atoms with van der Waals surface area (Å²) in [5.41, 5.74) is 0. The van der Waals surface area contributed by atoms with Crippen molar-refractivity contribution in [1.82, 2.24) is 5.32 Å². The van der Waals surface area contributed by atoms with Crippen LogP contribution in [0.25, 0.3) is 0 Å².